The van der Waals surface area contributed by atoms with Crippen LogP contribution in [0.4, 0.5) is 26.3 Å². The number of aromatic nitrogens is 2. The average molecular weight is 465 g/mol. The fourth-order valence-corrected chi connectivity index (χ4v) is 3.79. The number of alkyl halides is 3. The number of hydrogen-bond donors (Lipinski definition) is 2. The Balaban J connectivity index is 1.73. The van der Waals surface area contributed by atoms with Gasteiger partial charge in [0.25, 0.3) is 5.91 Å². The van der Waals surface area contributed by atoms with Crippen molar-refractivity contribution in [3.05, 3.63) is 52.4 Å². The molecular weight excluding hydrogens is 448 g/mol. The normalized spacial score (nSPS) is 15.0. The van der Waals surface area contributed by atoms with Crippen LogP contribution in [0.2, 0.25) is 0 Å². The molecule has 1 atom stereocenters. The number of rotatable bonds is 5. The van der Waals surface area contributed by atoms with Crippen LogP contribution < -0.4 is 11.5 Å². The maximum atomic E-state index is 13.8. The molecule has 0 aliphatic carbocycles. The number of imidazole rings is 1. The number of primary amides is 1. The molecule has 0 unspecified atom stereocenters. The predicted molar refractivity (Wildman–Crippen MR) is 101 cm³/mol. The van der Waals surface area contributed by atoms with Crippen molar-refractivity contribution in [2.45, 2.75) is 38.1 Å². The number of amides is 1. The second-order valence-corrected chi connectivity index (χ2v) is 7.56. The zero-order valence-corrected chi connectivity index (χ0v) is 16.7. The second-order valence-electron chi connectivity index (χ2n) is 7.09. The average Bonchev–Trinajstić information content (AvgIpc) is 3.05. The number of nitrogens with two attached hydrogens (primary N) is 2. The molecule has 0 radical (unpaired) electrons. The number of benzene rings is 1. The van der Waals surface area contributed by atoms with Crippen molar-refractivity contribution in [1.82, 2.24) is 14.5 Å². The lowest BCUT2D eigenvalue weighted by molar-refractivity contribution is -0.147. The Morgan fingerprint density at radius 1 is 1.16 bits per heavy atom. The van der Waals surface area contributed by atoms with Crippen LogP contribution in [-0.2, 0) is 25.7 Å². The highest BCUT2D eigenvalue weighted by molar-refractivity contribution is 7.80. The Bertz CT molecular complexity index is 1040. The molecule has 3 rings (SSSR count). The fourth-order valence-electron chi connectivity index (χ4n) is 3.42. The first-order valence-electron chi connectivity index (χ1n) is 9.01. The lowest BCUT2D eigenvalue weighted by Crippen LogP contribution is -2.41. The van der Waals surface area contributed by atoms with Crippen molar-refractivity contribution in [3.63, 3.8) is 0 Å². The van der Waals surface area contributed by atoms with Crippen LogP contribution in [0.5, 0.6) is 0 Å². The van der Waals surface area contributed by atoms with Crippen molar-refractivity contribution in [2.75, 3.05) is 6.54 Å². The molecule has 0 saturated carbocycles. The number of fused-ring (bicyclic) bond motifs is 1. The molecule has 1 amide bonds. The van der Waals surface area contributed by atoms with Gasteiger partial charge in [-0.2, -0.15) is 13.2 Å². The molecule has 1 aliphatic rings. The maximum absolute atomic E-state index is 13.8. The Labute approximate surface area is 177 Å². The molecule has 1 aliphatic heterocycles. The van der Waals surface area contributed by atoms with Gasteiger partial charge in [-0.3, -0.25) is 4.79 Å². The third-order valence-electron chi connectivity index (χ3n) is 4.85. The van der Waals surface area contributed by atoms with Crippen molar-refractivity contribution >= 4 is 23.1 Å². The Kier molecular flexibility index (Phi) is 6.28. The maximum Gasteiger partial charge on any atom is 0.449 e. The summed E-state index contributed by atoms with van der Waals surface area (Å²) in [7, 11) is 0. The SMILES string of the molecule is NC(=O)c1nc(C(F)(F)F)n2c1CN(C(=S)C[C@@H](N)Cc1cc(F)c(F)cc1F)CC2. The van der Waals surface area contributed by atoms with Crippen molar-refractivity contribution < 1.29 is 31.1 Å². The zero-order chi connectivity index (χ0) is 23.1. The molecule has 1 aromatic heterocycles. The first kappa shape index (κ1) is 23.0. The lowest BCUT2D eigenvalue weighted by Gasteiger charge is -2.32. The smallest absolute Gasteiger partial charge is 0.364 e. The molecule has 2 aromatic rings. The first-order valence-corrected chi connectivity index (χ1v) is 9.42. The number of nitrogens with zero attached hydrogens (tertiary/aromatic N) is 3. The summed E-state index contributed by atoms with van der Waals surface area (Å²) in [5.41, 5.74) is 10.5. The van der Waals surface area contributed by atoms with Gasteiger partial charge in [0, 0.05) is 31.6 Å². The summed E-state index contributed by atoms with van der Waals surface area (Å²) in [6.07, 6.45) is -4.87. The highest BCUT2D eigenvalue weighted by Crippen LogP contribution is 2.32. The van der Waals surface area contributed by atoms with E-state index in [9.17, 15) is 31.1 Å². The van der Waals surface area contributed by atoms with E-state index in [4.69, 9.17) is 23.7 Å². The molecule has 13 heteroatoms. The standard InChI is InChI=1S/C18H17F6N5OS/c19-10-6-12(21)11(20)4-8(10)3-9(25)5-14(31)28-1-2-29-13(7-28)15(16(26)30)27-17(29)18(22,23)24/h4,6,9H,1-3,5,7,25H2,(H2,26,30)/t9-/m0/s1. The van der Waals surface area contributed by atoms with Gasteiger partial charge in [0.1, 0.15) is 5.82 Å². The molecule has 0 saturated heterocycles. The van der Waals surface area contributed by atoms with Gasteiger partial charge in [-0.1, -0.05) is 12.2 Å². The molecule has 6 nitrogen and oxygen atoms in total. The largest absolute Gasteiger partial charge is 0.449 e. The van der Waals surface area contributed by atoms with E-state index >= 15 is 0 Å². The van der Waals surface area contributed by atoms with E-state index in [1.165, 1.54) is 0 Å². The van der Waals surface area contributed by atoms with Gasteiger partial charge in [0.15, 0.2) is 17.3 Å². The van der Waals surface area contributed by atoms with Crippen LogP contribution in [0.1, 0.15) is 34.0 Å². The Morgan fingerprint density at radius 2 is 1.81 bits per heavy atom. The van der Waals surface area contributed by atoms with Gasteiger partial charge in [-0.15, -0.1) is 0 Å². The molecule has 4 N–H and O–H groups in total. The lowest BCUT2D eigenvalue weighted by atomic mass is 10.0. The highest BCUT2D eigenvalue weighted by atomic mass is 32.1. The van der Waals surface area contributed by atoms with E-state index in [2.05, 4.69) is 4.98 Å². The fraction of sp³-hybridized carbons (Fsp3) is 0.389. The Morgan fingerprint density at radius 3 is 2.42 bits per heavy atom. The number of halogens is 6. The van der Waals surface area contributed by atoms with E-state index in [1.54, 1.807) is 4.90 Å². The predicted octanol–water partition coefficient (Wildman–Crippen LogP) is 2.52. The number of thiocarbonyl (C=S) groups is 1. The first-order chi connectivity index (χ1) is 14.4. The van der Waals surface area contributed by atoms with Crippen LogP contribution in [-0.4, -0.2) is 37.9 Å². The van der Waals surface area contributed by atoms with E-state index in [1.807, 2.05) is 0 Å². The quantitative estimate of drug-likeness (QED) is 0.403. The van der Waals surface area contributed by atoms with Gasteiger partial charge < -0.3 is 20.9 Å². The number of hydrogen-bond acceptors (Lipinski definition) is 4. The summed E-state index contributed by atoms with van der Waals surface area (Å²) >= 11 is 5.31. The third-order valence-corrected chi connectivity index (χ3v) is 5.28. The van der Waals surface area contributed by atoms with E-state index in [0.29, 0.717) is 12.1 Å². The number of carbonyl (C=O) groups excluding carboxylic acids is 1. The third kappa shape index (κ3) is 4.82. The monoisotopic (exact) mass is 465 g/mol. The van der Waals surface area contributed by atoms with E-state index in [-0.39, 0.29) is 48.7 Å². The van der Waals surface area contributed by atoms with Crippen molar-refractivity contribution in [2.24, 2.45) is 11.5 Å². The minimum Gasteiger partial charge on any atom is -0.364 e. The summed E-state index contributed by atoms with van der Waals surface area (Å²) in [6, 6.07) is 0.371. The van der Waals surface area contributed by atoms with Gasteiger partial charge in [-0.25, -0.2) is 18.2 Å². The summed E-state index contributed by atoms with van der Waals surface area (Å²) < 4.78 is 80.7. The summed E-state index contributed by atoms with van der Waals surface area (Å²) in [4.78, 5) is 16.7. The summed E-state index contributed by atoms with van der Waals surface area (Å²) in [5.74, 6) is -5.80. The van der Waals surface area contributed by atoms with E-state index < -0.39 is 47.1 Å². The summed E-state index contributed by atoms with van der Waals surface area (Å²) in [5, 5.41) is 0. The minimum atomic E-state index is -4.76. The summed E-state index contributed by atoms with van der Waals surface area (Å²) in [6.45, 7) is -0.195. The molecular formula is C18H17F6N5OS. The zero-order valence-electron chi connectivity index (χ0n) is 15.8. The minimum absolute atomic E-state index is 0.0198. The molecule has 1 aromatic carbocycles. The van der Waals surface area contributed by atoms with Gasteiger partial charge in [0.2, 0.25) is 5.82 Å². The number of carbonyl (C=O) groups is 1. The van der Waals surface area contributed by atoms with Crippen LogP contribution in [0.3, 0.4) is 0 Å². The molecule has 0 bridgehead atoms. The van der Waals surface area contributed by atoms with Crippen molar-refractivity contribution in [1.29, 1.82) is 0 Å². The van der Waals surface area contributed by atoms with Crippen LogP contribution in [0.15, 0.2) is 12.1 Å². The van der Waals surface area contributed by atoms with Crippen LogP contribution >= 0.6 is 12.2 Å². The van der Waals surface area contributed by atoms with Crippen LogP contribution in [0, 0.1) is 17.5 Å². The topological polar surface area (TPSA) is 90.2 Å². The van der Waals surface area contributed by atoms with E-state index in [0.717, 1.165) is 4.57 Å². The molecule has 31 heavy (non-hydrogen) atoms. The van der Waals surface area contributed by atoms with Crippen molar-refractivity contribution in [3.8, 4) is 0 Å². The van der Waals surface area contributed by atoms with Crippen LogP contribution in [0.25, 0.3) is 0 Å². The Hall–Kier alpha value is -2.67. The molecule has 2 heterocycles. The molecule has 168 valence electrons. The second kappa shape index (κ2) is 8.46. The highest BCUT2D eigenvalue weighted by Gasteiger charge is 2.41. The van der Waals surface area contributed by atoms with Gasteiger partial charge in [0.05, 0.1) is 17.2 Å². The van der Waals surface area contributed by atoms with Gasteiger partial charge >= 0.3 is 6.18 Å². The molecule has 0 fully saturated rings. The van der Waals surface area contributed by atoms with Gasteiger partial charge in [-0.05, 0) is 18.1 Å². The molecule has 0 spiro atoms.